The van der Waals surface area contributed by atoms with Gasteiger partial charge in [0.25, 0.3) is 0 Å². The molecule has 1 atom stereocenters. The normalized spacial score (nSPS) is 11.3. The van der Waals surface area contributed by atoms with Gasteiger partial charge in [-0.2, -0.15) is 0 Å². The molecule has 2 N–H and O–H groups in total. The van der Waals surface area contributed by atoms with Crippen LogP contribution >= 0.6 is 0 Å². The van der Waals surface area contributed by atoms with E-state index in [1.165, 1.54) is 0 Å². The molecule has 3 aromatic carbocycles. The van der Waals surface area contributed by atoms with Crippen molar-refractivity contribution >= 4 is 22.8 Å². The first-order valence-corrected chi connectivity index (χ1v) is 10.2. The number of hydrogen-bond donors (Lipinski definition) is 2. The molecule has 0 saturated heterocycles. The Labute approximate surface area is 182 Å². The second kappa shape index (κ2) is 10.8. The van der Waals surface area contributed by atoms with Crippen LogP contribution in [-0.2, 0) is 22.6 Å². The molecule has 0 bridgehead atoms. The van der Waals surface area contributed by atoms with E-state index in [1.54, 1.807) is 6.92 Å². The van der Waals surface area contributed by atoms with E-state index in [0.29, 0.717) is 19.4 Å². The fourth-order valence-corrected chi connectivity index (χ4v) is 3.22. The lowest BCUT2D eigenvalue weighted by Crippen LogP contribution is -2.24. The number of alkyl carbamates (subject to hydrolysis) is 1. The summed E-state index contributed by atoms with van der Waals surface area (Å²) in [5.74, 6) is 5.00. The molecule has 3 aromatic rings. The summed E-state index contributed by atoms with van der Waals surface area (Å²) in [5, 5.41) is 13.9. The second-order valence-corrected chi connectivity index (χ2v) is 7.30. The SMILES string of the molecule is C[C@@H](Cc1ccc(C#CCCNC(=O)OCc2ccccc2)c2ccccc12)C(=O)O. The highest BCUT2D eigenvalue weighted by Gasteiger charge is 2.14. The van der Waals surface area contributed by atoms with Crippen molar-refractivity contribution in [2.75, 3.05) is 6.54 Å². The zero-order valence-electron chi connectivity index (χ0n) is 17.4. The number of amides is 1. The van der Waals surface area contributed by atoms with Crippen LogP contribution in [0, 0.1) is 17.8 Å². The Bertz CT molecular complexity index is 1110. The van der Waals surface area contributed by atoms with Crippen molar-refractivity contribution in [1.82, 2.24) is 5.32 Å². The molecule has 0 spiro atoms. The third-order valence-electron chi connectivity index (χ3n) is 4.92. The number of hydrogen-bond acceptors (Lipinski definition) is 3. The lowest BCUT2D eigenvalue weighted by atomic mass is 9.93. The monoisotopic (exact) mass is 415 g/mol. The topological polar surface area (TPSA) is 75.6 Å². The maximum absolute atomic E-state index is 11.8. The summed E-state index contributed by atoms with van der Waals surface area (Å²) in [6.45, 7) is 2.34. The number of benzene rings is 3. The van der Waals surface area contributed by atoms with Crippen LogP contribution in [0.2, 0.25) is 0 Å². The first kappa shape index (κ1) is 21.9. The van der Waals surface area contributed by atoms with Gasteiger partial charge in [-0.25, -0.2) is 4.79 Å². The number of carboxylic acid groups (broad SMARTS) is 1. The largest absolute Gasteiger partial charge is 0.481 e. The van der Waals surface area contributed by atoms with Crippen LogP contribution < -0.4 is 5.32 Å². The molecule has 5 nitrogen and oxygen atoms in total. The predicted octanol–water partition coefficient (Wildman–Crippen LogP) is 4.77. The van der Waals surface area contributed by atoms with Gasteiger partial charge in [0.1, 0.15) is 6.61 Å². The van der Waals surface area contributed by atoms with Gasteiger partial charge < -0.3 is 15.2 Å². The van der Waals surface area contributed by atoms with Gasteiger partial charge in [0, 0.05) is 18.5 Å². The second-order valence-electron chi connectivity index (χ2n) is 7.30. The number of carbonyl (C=O) groups excluding carboxylic acids is 1. The summed E-state index contributed by atoms with van der Waals surface area (Å²) >= 11 is 0. The third-order valence-corrected chi connectivity index (χ3v) is 4.92. The molecule has 0 unspecified atom stereocenters. The molecule has 158 valence electrons. The third kappa shape index (κ3) is 6.35. The average molecular weight is 415 g/mol. The van der Waals surface area contributed by atoms with E-state index in [-0.39, 0.29) is 6.61 Å². The van der Waals surface area contributed by atoms with E-state index in [4.69, 9.17) is 4.74 Å². The fourth-order valence-electron chi connectivity index (χ4n) is 3.22. The van der Waals surface area contributed by atoms with Crippen LogP contribution in [0.25, 0.3) is 10.8 Å². The average Bonchev–Trinajstić information content (AvgIpc) is 2.79. The zero-order chi connectivity index (χ0) is 22.1. The molecular formula is C26H25NO4. The fraction of sp³-hybridized carbons (Fsp3) is 0.231. The van der Waals surface area contributed by atoms with Crippen LogP contribution in [0.4, 0.5) is 4.79 Å². The molecule has 0 aliphatic heterocycles. The van der Waals surface area contributed by atoms with E-state index < -0.39 is 18.0 Å². The standard InChI is InChI=1S/C26H25NO4/c1-19(25(28)29)17-22-15-14-21(23-12-5-6-13-24(22)23)11-7-8-16-27-26(30)31-18-20-9-3-2-4-10-20/h2-6,9-10,12-15,19H,8,16-18H2,1H3,(H,27,30)(H,28,29)/t19-/m0/s1. The summed E-state index contributed by atoms with van der Waals surface area (Å²) in [6, 6.07) is 21.3. The summed E-state index contributed by atoms with van der Waals surface area (Å²) < 4.78 is 5.17. The number of aliphatic carboxylic acids is 1. The summed E-state index contributed by atoms with van der Waals surface area (Å²) in [6.07, 6.45) is 0.499. The van der Waals surface area contributed by atoms with E-state index >= 15 is 0 Å². The van der Waals surface area contributed by atoms with Crippen molar-refractivity contribution in [2.24, 2.45) is 5.92 Å². The van der Waals surface area contributed by atoms with Crippen molar-refractivity contribution in [3.63, 3.8) is 0 Å². The highest BCUT2D eigenvalue weighted by Crippen LogP contribution is 2.24. The number of ether oxygens (including phenoxy) is 1. The van der Waals surface area contributed by atoms with Crippen molar-refractivity contribution in [2.45, 2.75) is 26.4 Å². The van der Waals surface area contributed by atoms with Gasteiger partial charge in [-0.05, 0) is 34.4 Å². The van der Waals surface area contributed by atoms with Crippen LogP contribution in [0.1, 0.15) is 30.0 Å². The summed E-state index contributed by atoms with van der Waals surface area (Å²) in [5.41, 5.74) is 2.82. The lowest BCUT2D eigenvalue weighted by Gasteiger charge is -2.11. The van der Waals surface area contributed by atoms with Gasteiger partial charge in [-0.1, -0.05) is 79.4 Å². The van der Waals surface area contributed by atoms with Gasteiger partial charge in [0.2, 0.25) is 0 Å². The Morgan fingerprint density at radius 2 is 1.71 bits per heavy atom. The highest BCUT2D eigenvalue weighted by atomic mass is 16.5. The van der Waals surface area contributed by atoms with Crippen molar-refractivity contribution in [3.8, 4) is 11.8 Å². The minimum atomic E-state index is -0.803. The molecule has 0 aromatic heterocycles. The van der Waals surface area contributed by atoms with Crippen molar-refractivity contribution in [1.29, 1.82) is 0 Å². The maximum atomic E-state index is 11.8. The summed E-state index contributed by atoms with van der Waals surface area (Å²) in [4.78, 5) is 23.0. The molecule has 0 aliphatic carbocycles. The molecule has 0 fully saturated rings. The Morgan fingerprint density at radius 3 is 2.45 bits per heavy atom. The van der Waals surface area contributed by atoms with Gasteiger partial charge >= 0.3 is 12.1 Å². The number of rotatable bonds is 7. The van der Waals surface area contributed by atoms with Crippen molar-refractivity contribution < 1.29 is 19.4 Å². The minimum absolute atomic E-state index is 0.233. The molecule has 3 rings (SSSR count). The van der Waals surface area contributed by atoms with Crippen LogP contribution in [0.15, 0.2) is 66.7 Å². The first-order valence-electron chi connectivity index (χ1n) is 10.2. The molecule has 5 heteroatoms. The number of carbonyl (C=O) groups is 2. The van der Waals surface area contributed by atoms with Gasteiger partial charge in [0.15, 0.2) is 0 Å². The number of nitrogens with one attached hydrogen (secondary N) is 1. The molecule has 31 heavy (non-hydrogen) atoms. The molecule has 0 heterocycles. The van der Waals surface area contributed by atoms with Crippen LogP contribution in [0.3, 0.4) is 0 Å². The number of carboxylic acids is 1. The van der Waals surface area contributed by atoms with Crippen LogP contribution in [0.5, 0.6) is 0 Å². The number of fused-ring (bicyclic) bond motifs is 1. The first-order chi connectivity index (χ1) is 15.0. The quantitative estimate of drug-likeness (QED) is 0.430. The molecular weight excluding hydrogens is 390 g/mol. The minimum Gasteiger partial charge on any atom is -0.481 e. The Balaban J connectivity index is 1.56. The predicted molar refractivity (Wildman–Crippen MR) is 121 cm³/mol. The van der Waals surface area contributed by atoms with E-state index in [2.05, 4.69) is 17.2 Å². The molecule has 0 saturated carbocycles. The van der Waals surface area contributed by atoms with Crippen LogP contribution in [-0.4, -0.2) is 23.7 Å². The van der Waals surface area contributed by atoms with Gasteiger partial charge in [-0.3, -0.25) is 4.79 Å². The Hall–Kier alpha value is -3.78. The van der Waals surface area contributed by atoms with E-state index in [1.807, 2.05) is 66.7 Å². The molecule has 0 aliphatic rings. The highest BCUT2D eigenvalue weighted by molar-refractivity contribution is 5.91. The Morgan fingerprint density at radius 1 is 1.00 bits per heavy atom. The van der Waals surface area contributed by atoms with E-state index in [0.717, 1.165) is 27.5 Å². The smallest absolute Gasteiger partial charge is 0.407 e. The molecule has 0 radical (unpaired) electrons. The zero-order valence-corrected chi connectivity index (χ0v) is 17.4. The lowest BCUT2D eigenvalue weighted by molar-refractivity contribution is -0.141. The Kier molecular flexibility index (Phi) is 7.67. The van der Waals surface area contributed by atoms with Gasteiger partial charge in [0.05, 0.1) is 5.92 Å². The maximum Gasteiger partial charge on any atom is 0.407 e. The van der Waals surface area contributed by atoms with Gasteiger partial charge in [-0.15, -0.1) is 0 Å². The molecule has 1 amide bonds. The summed E-state index contributed by atoms with van der Waals surface area (Å²) in [7, 11) is 0. The van der Waals surface area contributed by atoms with E-state index in [9.17, 15) is 14.7 Å². The van der Waals surface area contributed by atoms with Crippen molar-refractivity contribution in [3.05, 3.63) is 83.4 Å².